The van der Waals surface area contributed by atoms with Crippen LogP contribution in [0.3, 0.4) is 0 Å². The van der Waals surface area contributed by atoms with E-state index in [9.17, 15) is 19.8 Å². The van der Waals surface area contributed by atoms with E-state index >= 15 is 0 Å². The highest BCUT2D eigenvalue weighted by molar-refractivity contribution is 9.10. The molecule has 5 aliphatic carbocycles. The molecule has 7 aliphatic rings. The zero-order valence-corrected chi connectivity index (χ0v) is 21.4. The van der Waals surface area contributed by atoms with E-state index in [4.69, 9.17) is 9.47 Å². The molecule has 32 heavy (non-hydrogen) atoms. The molecule has 2 aliphatic heterocycles. The first-order valence-corrected chi connectivity index (χ1v) is 13.0. The number of alkyl halides is 1. The quantitative estimate of drug-likeness (QED) is 0.438. The van der Waals surface area contributed by atoms with Gasteiger partial charge in [-0.25, -0.2) is 0 Å². The summed E-state index contributed by atoms with van der Waals surface area (Å²) in [6.07, 6.45) is 1.14. The van der Waals surface area contributed by atoms with Crippen LogP contribution in [0.15, 0.2) is 0 Å². The molecule has 5 saturated carbocycles. The summed E-state index contributed by atoms with van der Waals surface area (Å²) >= 11 is 3.65. The molecule has 10 atom stereocenters. The van der Waals surface area contributed by atoms with Crippen molar-refractivity contribution >= 4 is 27.5 Å². The van der Waals surface area contributed by atoms with E-state index in [2.05, 4.69) is 43.6 Å². The fraction of sp³-hybridized carbons (Fsp3) is 0.920. The number of carbonyl (C=O) groups is 2. The second-order valence-electron chi connectivity index (χ2n) is 13.3. The number of ketones is 2. The van der Waals surface area contributed by atoms with Crippen LogP contribution in [0.2, 0.25) is 0 Å². The highest BCUT2D eigenvalue weighted by atomic mass is 79.9. The molecule has 0 amide bonds. The van der Waals surface area contributed by atoms with Gasteiger partial charge in [-0.2, -0.15) is 0 Å². The predicted octanol–water partition coefficient (Wildman–Crippen LogP) is 3.07. The van der Waals surface area contributed by atoms with Crippen LogP contribution in [0.4, 0.5) is 0 Å². The van der Waals surface area contributed by atoms with Crippen LogP contribution in [-0.2, 0) is 19.1 Å². The molecule has 0 radical (unpaired) electrons. The van der Waals surface area contributed by atoms with Gasteiger partial charge in [0.15, 0.2) is 11.6 Å². The van der Waals surface area contributed by atoms with Gasteiger partial charge in [-0.1, -0.05) is 43.6 Å². The summed E-state index contributed by atoms with van der Waals surface area (Å²) in [4.78, 5) is 27.8. The Bertz CT molecular complexity index is 937. The van der Waals surface area contributed by atoms with Crippen molar-refractivity contribution in [1.82, 2.24) is 0 Å². The van der Waals surface area contributed by atoms with Crippen LogP contribution < -0.4 is 0 Å². The van der Waals surface area contributed by atoms with Gasteiger partial charge in [0.2, 0.25) is 5.79 Å². The smallest absolute Gasteiger partial charge is 0.211 e. The minimum atomic E-state index is -1.63. The summed E-state index contributed by atoms with van der Waals surface area (Å²) in [6.45, 7) is 11.7. The molecule has 2 saturated heterocycles. The summed E-state index contributed by atoms with van der Waals surface area (Å²) < 4.78 is 12.7. The van der Waals surface area contributed by atoms with Gasteiger partial charge in [0.1, 0.15) is 11.9 Å². The average Bonchev–Trinajstić information content (AvgIpc) is 2.64. The van der Waals surface area contributed by atoms with Gasteiger partial charge in [0.05, 0.1) is 22.3 Å². The summed E-state index contributed by atoms with van der Waals surface area (Å²) in [5.74, 6) is -3.51. The number of carbonyl (C=O) groups excluding carboxylic acids is 2. The lowest BCUT2D eigenvalue weighted by molar-refractivity contribution is -0.504. The van der Waals surface area contributed by atoms with Crippen LogP contribution in [-0.4, -0.2) is 50.9 Å². The van der Waals surface area contributed by atoms with Crippen LogP contribution in [0, 0.1) is 51.2 Å². The van der Waals surface area contributed by atoms with E-state index in [0.29, 0.717) is 12.3 Å². The average molecular weight is 511 g/mol. The summed E-state index contributed by atoms with van der Waals surface area (Å²) in [5, 5.41) is 22.9. The molecule has 0 aromatic rings. The molecule has 2 heterocycles. The maximum atomic E-state index is 14.2. The number of halogens is 1. The van der Waals surface area contributed by atoms with E-state index in [1.54, 1.807) is 0 Å². The van der Waals surface area contributed by atoms with Gasteiger partial charge in [-0.15, -0.1) is 0 Å². The van der Waals surface area contributed by atoms with Crippen LogP contribution >= 0.6 is 15.9 Å². The fourth-order valence-electron chi connectivity index (χ4n) is 10.1. The van der Waals surface area contributed by atoms with Gasteiger partial charge < -0.3 is 19.7 Å². The van der Waals surface area contributed by atoms with Crippen molar-refractivity contribution in [2.45, 2.75) is 83.3 Å². The molecule has 2 spiro atoms. The summed E-state index contributed by atoms with van der Waals surface area (Å²) in [6, 6.07) is 0. The third kappa shape index (κ3) is 1.95. The highest BCUT2D eigenvalue weighted by Gasteiger charge is 2.94. The van der Waals surface area contributed by atoms with Crippen molar-refractivity contribution in [3.05, 3.63) is 0 Å². The Labute approximate surface area is 197 Å². The number of ether oxygens (including phenoxy) is 2. The van der Waals surface area contributed by atoms with Crippen molar-refractivity contribution in [3.8, 4) is 0 Å². The number of hydrogen-bond donors (Lipinski definition) is 2. The SMILES string of the molecule is CC(C)(O)O[C@@]12OC[C@]3(C(=O)C(Br)CC(C)(C)[C@H]3[C@@H]1O)[C@@H]1CC[C@@H]3[C@H]4C(C(=O)[C@]412)C3(C)C. The number of fused-ring (bicyclic) bond motifs is 1. The zero-order valence-electron chi connectivity index (χ0n) is 19.8. The van der Waals surface area contributed by atoms with Gasteiger partial charge in [-0.05, 0) is 61.7 Å². The number of aliphatic hydroxyl groups excluding tert-OH is 1. The maximum absolute atomic E-state index is 14.2. The summed E-state index contributed by atoms with van der Waals surface area (Å²) in [7, 11) is 0. The van der Waals surface area contributed by atoms with Crippen LogP contribution in [0.25, 0.3) is 0 Å². The van der Waals surface area contributed by atoms with E-state index in [1.807, 2.05) is 0 Å². The molecule has 0 aromatic heterocycles. The van der Waals surface area contributed by atoms with Gasteiger partial charge in [0, 0.05) is 11.8 Å². The Morgan fingerprint density at radius 1 is 1.12 bits per heavy atom. The second kappa shape index (κ2) is 5.72. The van der Waals surface area contributed by atoms with Crippen molar-refractivity contribution < 1.29 is 29.3 Å². The standard InChI is InChI=1S/C25H35BrO6/c1-20(2)9-12(26)17(27)23-10-31-25(19(29)16(20)23,32-22(5,6)30)24-13(23)8-7-11-14(24)15(18(24)28)21(11,3)4/h11-16,19,29-30H,7-10H2,1-6H3/t11-,12?,13+,14+,15?,16-,19+,23+,24-,25+/m1/s1. The third-order valence-electron chi connectivity index (χ3n) is 10.8. The van der Waals surface area contributed by atoms with Crippen LogP contribution in [0.1, 0.15) is 60.8 Å². The molecule has 2 unspecified atom stereocenters. The first-order chi connectivity index (χ1) is 14.6. The molecule has 0 aromatic carbocycles. The molecular weight excluding hydrogens is 476 g/mol. The maximum Gasteiger partial charge on any atom is 0.211 e. The number of hydrogen-bond acceptors (Lipinski definition) is 6. The number of Topliss-reactive ketones (excluding diaryl/α,β-unsaturated/α-hetero) is 2. The van der Waals surface area contributed by atoms with Gasteiger partial charge in [0.25, 0.3) is 0 Å². The molecule has 178 valence electrons. The molecule has 7 heteroatoms. The van der Waals surface area contributed by atoms with Crippen molar-refractivity contribution in [2.75, 3.05) is 6.61 Å². The Morgan fingerprint density at radius 2 is 1.78 bits per heavy atom. The van der Waals surface area contributed by atoms with E-state index < -0.39 is 34.4 Å². The van der Waals surface area contributed by atoms with E-state index in [-0.39, 0.29) is 51.6 Å². The largest absolute Gasteiger partial charge is 0.387 e. The number of rotatable bonds is 2. The van der Waals surface area contributed by atoms with Crippen molar-refractivity contribution in [2.24, 2.45) is 51.2 Å². The fourth-order valence-corrected chi connectivity index (χ4v) is 11.4. The molecule has 2 bridgehead atoms. The first-order valence-electron chi connectivity index (χ1n) is 12.1. The Kier molecular flexibility index (Phi) is 3.96. The van der Waals surface area contributed by atoms with Crippen molar-refractivity contribution in [3.63, 3.8) is 0 Å². The van der Waals surface area contributed by atoms with Crippen LogP contribution in [0.5, 0.6) is 0 Å². The first kappa shape index (κ1) is 22.1. The lowest BCUT2D eigenvalue weighted by Gasteiger charge is -2.85. The molecule has 7 rings (SSSR count). The Hall–Kier alpha value is -0.340. The monoisotopic (exact) mass is 510 g/mol. The van der Waals surface area contributed by atoms with Gasteiger partial charge in [-0.3, -0.25) is 9.59 Å². The van der Waals surface area contributed by atoms with Gasteiger partial charge >= 0.3 is 0 Å². The Morgan fingerprint density at radius 3 is 2.41 bits per heavy atom. The minimum Gasteiger partial charge on any atom is -0.387 e. The zero-order chi connectivity index (χ0) is 23.4. The molecule has 7 fully saturated rings. The van der Waals surface area contributed by atoms with E-state index in [0.717, 1.165) is 12.8 Å². The third-order valence-corrected chi connectivity index (χ3v) is 11.5. The molecule has 6 nitrogen and oxygen atoms in total. The lowest BCUT2D eigenvalue weighted by atomic mass is 9.19. The second-order valence-corrected chi connectivity index (χ2v) is 14.4. The highest BCUT2D eigenvalue weighted by Crippen LogP contribution is 2.86. The minimum absolute atomic E-state index is 0.0190. The topological polar surface area (TPSA) is 93.1 Å². The molecule has 2 N–H and O–H groups in total. The summed E-state index contributed by atoms with van der Waals surface area (Å²) in [5.41, 5.74) is -2.48. The molecular formula is C25H35BrO6. The Balaban J connectivity index is 1.62. The van der Waals surface area contributed by atoms with E-state index in [1.165, 1.54) is 13.8 Å². The lowest BCUT2D eigenvalue weighted by Crippen LogP contribution is -2.94. The van der Waals surface area contributed by atoms with Crippen molar-refractivity contribution in [1.29, 1.82) is 0 Å². The normalized spacial score (nSPS) is 56.5. The number of aliphatic hydroxyl groups is 2. The predicted molar refractivity (Wildman–Crippen MR) is 119 cm³/mol.